The number of esters is 1. The average molecular weight is 280 g/mol. The maximum atomic E-state index is 11.7. The van der Waals surface area contributed by atoms with Crippen molar-refractivity contribution in [3.05, 3.63) is 35.4 Å². The fraction of sp³-hybridized carbons (Fsp3) is 0.308. The third kappa shape index (κ3) is 3.75. The fourth-order valence-electron chi connectivity index (χ4n) is 1.73. The minimum absolute atomic E-state index is 0.313. The van der Waals surface area contributed by atoms with Gasteiger partial charge >= 0.3 is 5.97 Å². The molecular weight excluding hydrogens is 264 g/mol. The Morgan fingerprint density at radius 3 is 2.47 bits per heavy atom. The monoisotopic (exact) mass is 280 g/mol. The summed E-state index contributed by atoms with van der Waals surface area (Å²) in [6.45, 7) is 1.61. The largest absolute Gasteiger partial charge is 0.467 e. The molecule has 19 heavy (non-hydrogen) atoms. The molecule has 1 aromatic rings. The number of nitrogens with one attached hydrogen (secondary N) is 1. The summed E-state index contributed by atoms with van der Waals surface area (Å²) in [4.78, 5) is 22.7. The lowest BCUT2D eigenvalue weighted by Gasteiger charge is -2.26. The van der Waals surface area contributed by atoms with E-state index < -0.39 is 11.5 Å². The second kappa shape index (κ2) is 6.29. The van der Waals surface area contributed by atoms with Crippen molar-refractivity contribution in [3.63, 3.8) is 0 Å². The highest BCUT2D eigenvalue weighted by molar-refractivity contribution is 7.80. The highest BCUT2D eigenvalue weighted by atomic mass is 32.1. The molecule has 0 bridgehead atoms. The summed E-state index contributed by atoms with van der Waals surface area (Å²) in [5.74, 6) is -0.502. The minimum atomic E-state index is -1.10. The van der Waals surface area contributed by atoms with E-state index in [4.69, 9.17) is 22.7 Å². The van der Waals surface area contributed by atoms with Gasteiger partial charge in [0.2, 0.25) is 6.41 Å². The van der Waals surface area contributed by atoms with Gasteiger partial charge in [-0.1, -0.05) is 36.5 Å². The third-order valence-corrected chi connectivity index (χ3v) is 3.05. The van der Waals surface area contributed by atoms with Crippen LogP contribution in [-0.2, 0) is 20.7 Å². The maximum absolute atomic E-state index is 11.7. The number of methoxy groups -OCH3 is 1. The van der Waals surface area contributed by atoms with E-state index in [0.29, 0.717) is 17.8 Å². The first-order valence-electron chi connectivity index (χ1n) is 5.61. The molecule has 5 nitrogen and oxygen atoms in total. The molecule has 0 unspecified atom stereocenters. The van der Waals surface area contributed by atoms with Crippen molar-refractivity contribution in [1.82, 2.24) is 5.32 Å². The van der Waals surface area contributed by atoms with Crippen LogP contribution < -0.4 is 11.1 Å². The van der Waals surface area contributed by atoms with Crippen LogP contribution in [0.2, 0.25) is 0 Å². The molecular formula is C13H16N2O3S. The lowest BCUT2D eigenvalue weighted by Crippen LogP contribution is -2.51. The third-order valence-electron chi connectivity index (χ3n) is 2.81. The van der Waals surface area contributed by atoms with Crippen LogP contribution in [0.5, 0.6) is 0 Å². The predicted molar refractivity (Wildman–Crippen MR) is 75.7 cm³/mol. The zero-order valence-corrected chi connectivity index (χ0v) is 11.6. The summed E-state index contributed by atoms with van der Waals surface area (Å²) >= 11 is 4.86. The number of amides is 1. The summed E-state index contributed by atoms with van der Waals surface area (Å²) in [7, 11) is 1.28. The van der Waals surface area contributed by atoms with Crippen LogP contribution in [0.1, 0.15) is 18.1 Å². The second-order valence-corrected chi connectivity index (χ2v) is 4.76. The molecule has 0 aliphatic rings. The first kappa shape index (κ1) is 15.1. The number of rotatable bonds is 6. The van der Waals surface area contributed by atoms with Gasteiger partial charge in [0.1, 0.15) is 10.5 Å². The Morgan fingerprint density at radius 2 is 2.05 bits per heavy atom. The van der Waals surface area contributed by atoms with Crippen molar-refractivity contribution in [2.45, 2.75) is 18.9 Å². The Bertz CT molecular complexity index is 487. The van der Waals surface area contributed by atoms with Gasteiger partial charge < -0.3 is 15.8 Å². The molecule has 1 amide bonds. The molecule has 0 radical (unpaired) electrons. The molecule has 1 rings (SSSR count). The number of nitrogens with two attached hydrogens (primary N) is 1. The number of hydrogen-bond acceptors (Lipinski definition) is 4. The topological polar surface area (TPSA) is 81.4 Å². The van der Waals surface area contributed by atoms with Crippen LogP contribution >= 0.6 is 12.2 Å². The number of benzene rings is 1. The van der Waals surface area contributed by atoms with Crippen molar-refractivity contribution in [2.75, 3.05) is 7.11 Å². The van der Waals surface area contributed by atoms with Crippen molar-refractivity contribution >= 4 is 29.6 Å². The summed E-state index contributed by atoms with van der Waals surface area (Å²) in [5.41, 5.74) is 6.03. The predicted octanol–water partition coefficient (Wildman–Crippen LogP) is 0.541. The highest BCUT2D eigenvalue weighted by Gasteiger charge is 2.34. The van der Waals surface area contributed by atoms with Crippen molar-refractivity contribution in [3.8, 4) is 0 Å². The van der Waals surface area contributed by atoms with Gasteiger partial charge in [-0.15, -0.1) is 0 Å². The van der Waals surface area contributed by atoms with Gasteiger partial charge in [0.25, 0.3) is 0 Å². The molecule has 6 heteroatoms. The smallest absolute Gasteiger partial charge is 0.331 e. The van der Waals surface area contributed by atoms with E-state index in [1.54, 1.807) is 19.1 Å². The molecule has 1 atom stereocenters. The first-order valence-corrected chi connectivity index (χ1v) is 6.02. The minimum Gasteiger partial charge on any atom is -0.467 e. The Kier molecular flexibility index (Phi) is 5.00. The van der Waals surface area contributed by atoms with E-state index in [9.17, 15) is 9.59 Å². The fourth-order valence-corrected chi connectivity index (χ4v) is 1.87. The van der Waals surface area contributed by atoms with E-state index in [1.807, 2.05) is 12.1 Å². The quantitative estimate of drug-likeness (QED) is 0.451. The molecule has 1 aromatic carbocycles. The average Bonchev–Trinajstić information content (AvgIpc) is 2.38. The Labute approximate surface area is 117 Å². The normalized spacial score (nSPS) is 13.2. The Hall–Kier alpha value is -1.95. The summed E-state index contributed by atoms with van der Waals surface area (Å²) < 4.78 is 4.70. The Balaban J connectivity index is 2.93. The van der Waals surface area contributed by atoms with Gasteiger partial charge in [-0.3, -0.25) is 4.79 Å². The van der Waals surface area contributed by atoms with Crippen LogP contribution in [-0.4, -0.2) is 30.0 Å². The molecule has 102 valence electrons. The van der Waals surface area contributed by atoms with E-state index in [2.05, 4.69) is 5.32 Å². The van der Waals surface area contributed by atoms with Gasteiger partial charge in [0, 0.05) is 12.0 Å². The van der Waals surface area contributed by atoms with Crippen LogP contribution in [0, 0.1) is 0 Å². The van der Waals surface area contributed by atoms with Crippen molar-refractivity contribution in [1.29, 1.82) is 0 Å². The van der Waals surface area contributed by atoms with Gasteiger partial charge in [0.05, 0.1) is 7.11 Å². The van der Waals surface area contributed by atoms with Crippen LogP contribution in [0.15, 0.2) is 24.3 Å². The number of hydrogen-bond donors (Lipinski definition) is 2. The summed E-state index contributed by atoms with van der Waals surface area (Å²) in [6.07, 6.45) is 0.802. The van der Waals surface area contributed by atoms with Gasteiger partial charge in [0.15, 0.2) is 0 Å². The van der Waals surface area contributed by atoms with E-state index in [-0.39, 0.29) is 0 Å². The van der Waals surface area contributed by atoms with E-state index >= 15 is 0 Å². The lowest BCUT2D eigenvalue weighted by atomic mass is 9.92. The van der Waals surface area contributed by atoms with Crippen molar-refractivity contribution < 1.29 is 14.3 Å². The summed E-state index contributed by atoms with van der Waals surface area (Å²) in [6, 6.07) is 7.16. The second-order valence-electron chi connectivity index (χ2n) is 4.32. The molecule has 0 aromatic heterocycles. The van der Waals surface area contributed by atoms with Gasteiger partial charge in [-0.2, -0.15) is 0 Å². The molecule has 0 saturated carbocycles. The standard InChI is InChI=1S/C13H16N2O3S/c1-13(15-8-16,12(17)18-2)7-9-3-5-10(6-4-9)11(14)19/h3-6,8H,7H2,1-2H3,(H2,14,19)(H,15,16)/t13-/m1/s1. The molecule has 0 saturated heterocycles. The molecule has 0 spiro atoms. The molecule has 3 N–H and O–H groups in total. The van der Waals surface area contributed by atoms with Crippen LogP contribution in [0.25, 0.3) is 0 Å². The van der Waals surface area contributed by atoms with Crippen molar-refractivity contribution in [2.24, 2.45) is 5.73 Å². The SMILES string of the molecule is COC(=O)[C@@](C)(Cc1ccc(C(N)=S)cc1)NC=O. The zero-order chi connectivity index (χ0) is 14.5. The van der Waals surface area contributed by atoms with Crippen LogP contribution in [0.3, 0.4) is 0 Å². The number of carbonyl (C=O) groups excluding carboxylic acids is 2. The Morgan fingerprint density at radius 1 is 1.47 bits per heavy atom. The number of ether oxygens (including phenoxy) is 1. The van der Waals surface area contributed by atoms with Gasteiger partial charge in [-0.05, 0) is 12.5 Å². The van der Waals surface area contributed by atoms with E-state index in [0.717, 1.165) is 11.1 Å². The van der Waals surface area contributed by atoms with Gasteiger partial charge in [-0.25, -0.2) is 4.79 Å². The molecule has 0 heterocycles. The highest BCUT2D eigenvalue weighted by Crippen LogP contribution is 2.15. The number of carbonyl (C=O) groups is 2. The zero-order valence-electron chi connectivity index (χ0n) is 10.8. The molecule has 0 aliphatic carbocycles. The number of thiocarbonyl (C=S) groups is 1. The summed E-state index contributed by atoms with van der Waals surface area (Å²) in [5, 5.41) is 2.49. The lowest BCUT2D eigenvalue weighted by molar-refractivity contribution is -0.148. The van der Waals surface area contributed by atoms with Crippen LogP contribution in [0.4, 0.5) is 0 Å². The molecule has 0 aliphatic heterocycles. The maximum Gasteiger partial charge on any atom is 0.331 e. The first-order chi connectivity index (χ1) is 8.92. The van der Waals surface area contributed by atoms with E-state index in [1.165, 1.54) is 7.11 Å². The molecule has 0 fully saturated rings.